The molecule has 2 fully saturated rings. The summed E-state index contributed by atoms with van der Waals surface area (Å²) >= 11 is 0. The number of carbonyl (C=O) groups excluding carboxylic acids is 1. The largest absolute Gasteiger partial charge is 0.419 e. The molecule has 1 saturated carbocycles. The van der Waals surface area contributed by atoms with Crippen LogP contribution in [0.1, 0.15) is 54.5 Å². The number of rotatable bonds is 6. The molecule has 0 unspecified atom stereocenters. The standard InChI is InChI=1S/C29H32F3N7O/c30-29(31,32)22-5-4-14-34-25(22)38-17-10-21-23(11-18-38)36-27(39-15-2-1-3-16-39)37-24(21)35-20-8-6-19(7-9-20)28(12-13-28)26(33)40/h4-9,14H,1-3,10-13,15-18H2,(H2,33,40)(H,35,36,37). The van der Waals surface area contributed by atoms with Crippen LogP contribution in [-0.2, 0) is 29.2 Å². The first-order valence-electron chi connectivity index (χ1n) is 13.8. The van der Waals surface area contributed by atoms with Gasteiger partial charge in [0.15, 0.2) is 0 Å². The number of hydrogen-bond donors (Lipinski definition) is 2. The third-order valence-electron chi connectivity index (χ3n) is 8.28. The zero-order chi connectivity index (χ0) is 27.9. The number of halogens is 3. The van der Waals surface area contributed by atoms with Crippen LogP contribution in [-0.4, -0.2) is 47.0 Å². The summed E-state index contributed by atoms with van der Waals surface area (Å²) < 4.78 is 41.3. The molecule has 3 N–H and O–H groups in total. The summed E-state index contributed by atoms with van der Waals surface area (Å²) in [6, 6.07) is 10.1. The number of piperidine rings is 1. The average molecular weight is 552 g/mol. The number of nitrogens with zero attached hydrogens (tertiary/aromatic N) is 5. The van der Waals surface area contributed by atoms with Gasteiger partial charge in [0, 0.05) is 50.0 Å². The molecule has 2 aliphatic heterocycles. The fourth-order valence-electron chi connectivity index (χ4n) is 5.82. The second kappa shape index (κ2) is 10.3. The van der Waals surface area contributed by atoms with E-state index in [9.17, 15) is 18.0 Å². The van der Waals surface area contributed by atoms with Gasteiger partial charge in [-0.2, -0.15) is 18.2 Å². The highest BCUT2D eigenvalue weighted by Gasteiger charge is 2.49. The SMILES string of the molecule is NC(=O)C1(c2ccc(Nc3nc(N4CCCCC4)nc4c3CCN(c3ncccc3C(F)(F)F)CC4)cc2)CC1. The van der Waals surface area contributed by atoms with E-state index < -0.39 is 17.2 Å². The molecule has 11 heteroatoms. The Kier molecular flexibility index (Phi) is 6.75. The maximum Gasteiger partial charge on any atom is 0.419 e. The van der Waals surface area contributed by atoms with Gasteiger partial charge in [-0.05, 0) is 68.4 Å². The van der Waals surface area contributed by atoms with Crippen molar-refractivity contribution >= 4 is 29.2 Å². The molecule has 1 aromatic carbocycles. The van der Waals surface area contributed by atoms with E-state index in [-0.39, 0.29) is 11.7 Å². The first kappa shape index (κ1) is 26.3. The van der Waals surface area contributed by atoms with Gasteiger partial charge in [0.2, 0.25) is 11.9 Å². The molecule has 40 heavy (non-hydrogen) atoms. The van der Waals surface area contributed by atoms with E-state index in [0.717, 1.165) is 67.3 Å². The molecule has 1 saturated heterocycles. The summed E-state index contributed by atoms with van der Waals surface area (Å²) in [5.74, 6) is 0.950. The van der Waals surface area contributed by atoms with Crippen molar-refractivity contribution in [3.05, 3.63) is 65.0 Å². The lowest BCUT2D eigenvalue weighted by Crippen LogP contribution is -2.31. The summed E-state index contributed by atoms with van der Waals surface area (Å²) in [6.07, 6.45) is 2.68. The van der Waals surface area contributed by atoms with E-state index in [4.69, 9.17) is 15.7 Å². The van der Waals surface area contributed by atoms with Crippen LogP contribution in [0.5, 0.6) is 0 Å². The molecule has 1 aliphatic carbocycles. The number of primary amides is 1. The second-order valence-corrected chi connectivity index (χ2v) is 10.9. The van der Waals surface area contributed by atoms with Crippen molar-refractivity contribution in [1.82, 2.24) is 15.0 Å². The summed E-state index contributed by atoms with van der Waals surface area (Å²) in [5, 5.41) is 3.45. The number of nitrogens with two attached hydrogens (primary N) is 1. The highest BCUT2D eigenvalue weighted by atomic mass is 19.4. The number of pyridine rings is 1. The Balaban J connectivity index is 1.31. The molecule has 0 spiro atoms. The quantitative estimate of drug-likeness (QED) is 0.456. The highest BCUT2D eigenvalue weighted by molar-refractivity contribution is 5.90. The topological polar surface area (TPSA) is 100 Å². The number of aromatic nitrogens is 3. The molecular formula is C29H32F3N7O. The van der Waals surface area contributed by atoms with Crippen molar-refractivity contribution in [2.45, 2.75) is 56.5 Å². The third-order valence-corrected chi connectivity index (χ3v) is 8.28. The zero-order valence-corrected chi connectivity index (χ0v) is 22.2. The summed E-state index contributed by atoms with van der Waals surface area (Å²) in [4.78, 5) is 29.8. The molecule has 4 heterocycles. The van der Waals surface area contributed by atoms with Crippen LogP contribution >= 0.6 is 0 Å². The first-order chi connectivity index (χ1) is 19.2. The van der Waals surface area contributed by atoms with Crippen LogP contribution in [0.25, 0.3) is 0 Å². The second-order valence-electron chi connectivity index (χ2n) is 10.9. The van der Waals surface area contributed by atoms with Crippen molar-refractivity contribution in [3.63, 3.8) is 0 Å². The molecular weight excluding hydrogens is 519 g/mol. The van der Waals surface area contributed by atoms with Crippen molar-refractivity contribution in [1.29, 1.82) is 0 Å². The zero-order valence-electron chi connectivity index (χ0n) is 22.2. The Morgan fingerprint density at radius 2 is 1.65 bits per heavy atom. The number of benzene rings is 1. The van der Waals surface area contributed by atoms with Crippen LogP contribution in [0, 0.1) is 0 Å². The highest BCUT2D eigenvalue weighted by Crippen LogP contribution is 2.48. The van der Waals surface area contributed by atoms with Crippen LogP contribution in [0.4, 0.5) is 36.4 Å². The number of carbonyl (C=O) groups is 1. The minimum atomic E-state index is -4.49. The summed E-state index contributed by atoms with van der Waals surface area (Å²) in [6.45, 7) is 2.47. The molecule has 0 bridgehead atoms. The first-order valence-corrected chi connectivity index (χ1v) is 13.8. The average Bonchev–Trinajstić information content (AvgIpc) is 3.78. The molecule has 0 radical (unpaired) electrons. The summed E-state index contributed by atoms with van der Waals surface area (Å²) in [5.41, 5.74) is 7.80. The lowest BCUT2D eigenvalue weighted by Gasteiger charge is -2.28. The van der Waals surface area contributed by atoms with Gasteiger partial charge >= 0.3 is 6.18 Å². The molecule has 3 aliphatic rings. The smallest absolute Gasteiger partial charge is 0.369 e. The fourth-order valence-corrected chi connectivity index (χ4v) is 5.82. The van der Waals surface area contributed by atoms with Gasteiger partial charge in [0.1, 0.15) is 11.6 Å². The van der Waals surface area contributed by atoms with Crippen molar-refractivity contribution in [3.8, 4) is 0 Å². The lowest BCUT2D eigenvalue weighted by atomic mass is 9.95. The van der Waals surface area contributed by atoms with Gasteiger partial charge < -0.3 is 20.9 Å². The Bertz CT molecular complexity index is 1400. The maximum atomic E-state index is 13.8. The van der Waals surface area contributed by atoms with E-state index in [2.05, 4.69) is 15.2 Å². The normalized spacial score (nSPS) is 18.6. The molecule has 3 aromatic rings. The van der Waals surface area contributed by atoms with Gasteiger partial charge in [-0.1, -0.05) is 12.1 Å². The van der Waals surface area contributed by atoms with Crippen LogP contribution in [0.3, 0.4) is 0 Å². The Morgan fingerprint density at radius 1 is 0.925 bits per heavy atom. The Morgan fingerprint density at radius 3 is 2.33 bits per heavy atom. The number of nitrogens with one attached hydrogen (secondary N) is 1. The number of fused-ring (bicyclic) bond motifs is 1. The predicted octanol–water partition coefficient (Wildman–Crippen LogP) is 4.75. The third kappa shape index (κ3) is 5.04. The van der Waals surface area contributed by atoms with E-state index in [1.54, 1.807) is 4.90 Å². The van der Waals surface area contributed by atoms with Gasteiger partial charge in [0.05, 0.1) is 16.7 Å². The van der Waals surface area contributed by atoms with E-state index >= 15 is 0 Å². The maximum absolute atomic E-state index is 13.8. The van der Waals surface area contributed by atoms with E-state index in [1.807, 2.05) is 24.3 Å². The molecule has 2 aromatic heterocycles. The molecule has 6 rings (SSSR count). The number of amides is 1. The van der Waals surface area contributed by atoms with Crippen LogP contribution < -0.4 is 20.9 Å². The number of hydrogen-bond acceptors (Lipinski definition) is 7. The van der Waals surface area contributed by atoms with E-state index in [0.29, 0.717) is 37.7 Å². The Labute approximate surface area is 230 Å². The molecule has 0 atom stereocenters. The van der Waals surface area contributed by atoms with Gasteiger partial charge in [-0.15, -0.1) is 0 Å². The number of anilines is 4. The van der Waals surface area contributed by atoms with Gasteiger partial charge in [-0.3, -0.25) is 4.79 Å². The monoisotopic (exact) mass is 551 g/mol. The van der Waals surface area contributed by atoms with Crippen molar-refractivity contribution in [2.24, 2.45) is 5.73 Å². The number of alkyl halides is 3. The Hall–Kier alpha value is -3.89. The van der Waals surface area contributed by atoms with Gasteiger partial charge in [0.25, 0.3) is 0 Å². The van der Waals surface area contributed by atoms with Crippen LogP contribution in [0.15, 0.2) is 42.6 Å². The fraction of sp³-hybridized carbons (Fsp3) is 0.448. The van der Waals surface area contributed by atoms with E-state index in [1.165, 1.54) is 18.7 Å². The predicted molar refractivity (Wildman–Crippen MR) is 147 cm³/mol. The van der Waals surface area contributed by atoms with Crippen molar-refractivity contribution < 1.29 is 18.0 Å². The van der Waals surface area contributed by atoms with Gasteiger partial charge in [-0.25, -0.2) is 9.97 Å². The molecule has 210 valence electrons. The molecule has 8 nitrogen and oxygen atoms in total. The minimum absolute atomic E-state index is 0.0550. The van der Waals surface area contributed by atoms with Crippen LogP contribution in [0.2, 0.25) is 0 Å². The van der Waals surface area contributed by atoms with Crippen molar-refractivity contribution in [2.75, 3.05) is 41.3 Å². The molecule has 1 amide bonds. The minimum Gasteiger partial charge on any atom is -0.369 e. The lowest BCUT2D eigenvalue weighted by molar-refractivity contribution is -0.137. The summed E-state index contributed by atoms with van der Waals surface area (Å²) in [7, 11) is 0.